The van der Waals surface area contributed by atoms with Crippen LogP contribution >= 0.6 is 0 Å². The summed E-state index contributed by atoms with van der Waals surface area (Å²) >= 11 is 0. The Labute approximate surface area is 175 Å². The zero-order valence-electron chi connectivity index (χ0n) is 17.4. The van der Waals surface area contributed by atoms with Crippen LogP contribution in [0.15, 0.2) is 42.5 Å². The van der Waals surface area contributed by atoms with Gasteiger partial charge >= 0.3 is 0 Å². The molecule has 2 aromatic rings. The highest BCUT2D eigenvalue weighted by Gasteiger charge is 2.55. The Morgan fingerprint density at radius 1 is 1.20 bits per heavy atom. The average molecular weight is 410 g/mol. The molecule has 3 unspecified atom stereocenters. The molecule has 2 aliphatic heterocycles. The van der Waals surface area contributed by atoms with Crippen LogP contribution in [0.4, 0.5) is 0 Å². The fourth-order valence-electron chi connectivity index (χ4n) is 4.66. The largest absolute Gasteiger partial charge is 0.493 e. The summed E-state index contributed by atoms with van der Waals surface area (Å²) in [5.74, 6) is -0.0757. The molecule has 2 aromatic carbocycles. The minimum Gasteiger partial charge on any atom is -0.493 e. The summed E-state index contributed by atoms with van der Waals surface area (Å²) in [5, 5.41) is 0. The van der Waals surface area contributed by atoms with Gasteiger partial charge in [-0.2, -0.15) is 0 Å². The molecular weight excluding hydrogens is 384 g/mol. The normalized spacial score (nSPS) is 24.6. The molecule has 3 atom stereocenters. The SMILES string of the molecule is COc1ccc(CCN2C(=O)C(C(N)=O)C3CC2(C)Oc2ccccc23)cc1OC. The first kappa shape index (κ1) is 20.1. The number of ether oxygens (including phenoxy) is 3. The molecule has 2 N–H and O–H groups in total. The number of primary amides is 1. The van der Waals surface area contributed by atoms with Crippen LogP contribution in [0.5, 0.6) is 17.2 Å². The molecule has 0 radical (unpaired) electrons. The zero-order valence-corrected chi connectivity index (χ0v) is 17.4. The van der Waals surface area contributed by atoms with Crippen molar-refractivity contribution < 1.29 is 23.8 Å². The standard InChI is InChI=1S/C23H26N2O5/c1-23-13-16(15-6-4-5-7-17(15)30-23)20(21(24)26)22(27)25(23)11-10-14-8-9-18(28-2)19(12-14)29-3/h4-9,12,16,20H,10-11,13H2,1-3H3,(H2,24,26). The van der Waals surface area contributed by atoms with Crippen LogP contribution in [-0.2, 0) is 16.0 Å². The Balaban J connectivity index is 1.64. The lowest BCUT2D eigenvalue weighted by atomic mass is 9.73. The van der Waals surface area contributed by atoms with E-state index in [1.165, 1.54) is 0 Å². The molecule has 30 heavy (non-hydrogen) atoms. The third-order valence-electron chi connectivity index (χ3n) is 6.13. The maximum absolute atomic E-state index is 13.3. The lowest BCUT2D eigenvalue weighted by Crippen LogP contribution is -2.64. The topological polar surface area (TPSA) is 91.1 Å². The van der Waals surface area contributed by atoms with Crippen molar-refractivity contribution in [2.75, 3.05) is 20.8 Å². The molecule has 2 heterocycles. The number of carbonyl (C=O) groups is 2. The van der Waals surface area contributed by atoms with Crippen molar-refractivity contribution in [3.63, 3.8) is 0 Å². The lowest BCUT2D eigenvalue weighted by molar-refractivity contribution is -0.175. The van der Waals surface area contributed by atoms with Crippen molar-refractivity contribution in [3.05, 3.63) is 53.6 Å². The van der Waals surface area contributed by atoms with E-state index in [9.17, 15) is 9.59 Å². The molecule has 2 bridgehead atoms. The maximum Gasteiger partial charge on any atom is 0.238 e. The Morgan fingerprint density at radius 2 is 1.93 bits per heavy atom. The minimum absolute atomic E-state index is 0.276. The van der Waals surface area contributed by atoms with Gasteiger partial charge in [-0.3, -0.25) is 9.59 Å². The summed E-state index contributed by atoms with van der Waals surface area (Å²) in [6, 6.07) is 13.2. The Bertz CT molecular complexity index is 991. The highest BCUT2D eigenvalue weighted by Crippen LogP contribution is 2.50. The van der Waals surface area contributed by atoms with E-state index < -0.39 is 17.6 Å². The van der Waals surface area contributed by atoms with Crippen molar-refractivity contribution in [2.24, 2.45) is 11.7 Å². The molecule has 7 nitrogen and oxygen atoms in total. The smallest absolute Gasteiger partial charge is 0.238 e. The fourth-order valence-corrected chi connectivity index (χ4v) is 4.66. The van der Waals surface area contributed by atoms with Gasteiger partial charge in [-0.05, 0) is 42.7 Å². The van der Waals surface area contributed by atoms with Gasteiger partial charge < -0.3 is 24.8 Å². The number of nitrogens with zero attached hydrogens (tertiary/aromatic N) is 1. The van der Waals surface area contributed by atoms with Gasteiger partial charge in [0.1, 0.15) is 11.7 Å². The first-order chi connectivity index (χ1) is 14.4. The highest BCUT2D eigenvalue weighted by atomic mass is 16.5. The molecule has 2 amide bonds. The van der Waals surface area contributed by atoms with Crippen LogP contribution < -0.4 is 19.9 Å². The minimum atomic E-state index is -0.895. The Morgan fingerprint density at radius 3 is 2.63 bits per heavy atom. The Kier molecular flexibility index (Phi) is 5.05. The van der Waals surface area contributed by atoms with Gasteiger partial charge in [-0.1, -0.05) is 24.3 Å². The van der Waals surface area contributed by atoms with Gasteiger partial charge in [0.15, 0.2) is 17.2 Å². The van der Waals surface area contributed by atoms with Gasteiger partial charge in [0.25, 0.3) is 0 Å². The Hall–Kier alpha value is -3.22. The number of benzene rings is 2. The molecule has 7 heteroatoms. The zero-order chi connectivity index (χ0) is 21.5. The maximum atomic E-state index is 13.3. The van der Waals surface area contributed by atoms with E-state index in [1.54, 1.807) is 19.1 Å². The van der Waals surface area contributed by atoms with Crippen molar-refractivity contribution in [2.45, 2.75) is 31.4 Å². The molecule has 0 aliphatic carbocycles. The van der Waals surface area contributed by atoms with Gasteiger partial charge in [0, 0.05) is 18.9 Å². The van der Waals surface area contributed by atoms with Crippen molar-refractivity contribution in [1.29, 1.82) is 0 Å². The lowest BCUT2D eigenvalue weighted by Gasteiger charge is -2.52. The summed E-state index contributed by atoms with van der Waals surface area (Å²) < 4.78 is 16.9. The summed E-state index contributed by atoms with van der Waals surface area (Å²) in [4.78, 5) is 27.3. The van der Waals surface area contributed by atoms with Crippen LogP contribution in [0.25, 0.3) is 0 Å². The number of likely N-dealkylation sites (tertiary alicyclic amines) is 1. The number of hydrogen-bond donors (Lipinski definition) is 1. The molecule has 4 rings (SSSR count). The number of methoxy groups -OCH3 is 2. The molecule has 0 saturated carbocycles. The second-order valence-electron chi connectivity index (χ2n) is 7.93. The molecule has 2 aliphatic rings. The number of amides is 2. The number of piperidine rings is 1. The monoisotopic (exact) mass is 410 g/mol. The second-order valence-corrected chi connectivity index (χ2v) is 7.93. The van der Waals surface area contributed by atoms with E-state index in [0.29, 0.717) is 36.6 Å². The second kappa shape index (κ2) is 7.55. The van der Waals surface area contributed by atoms with Crippen LogP contribution in [0.1, 0.15) is 30.4 Å². The first-order valence-corrected chi connectivity index (χ1v) is 9.97. The van der Waals surface area contributed by atoms with E-state index in [-0.39, 0.29) is 11.8 Å². The number of fused-ring (bicyclic) bond motifs is 4. The van der Waals surface area contributed by atoms with Crippen LogP contribution in [0.2, 0.25) is 0 Å². The predicted octanol–water partition coefficient (Wildman–Crippen LogP) is 2.47. The first-order valence-electron chi connectivity index (χ1n) is 9.97. The van der Waals surface area contributed by atoms with Crippen molar-refractivity contribution >= 4 is 11.8 Å². The van der Waals surface area contributed by atoms with Crippen LogP contribution in [-0.4, -0.2) is 43.2 Å². The third kappa shape index (κ3) is 3.24. The average Bonchev–Trinajstić information content (AvgIpc) is 2.72. The third-order valence-corrected chi connectivity index (χ3v) is 6.13. The number of hydrogen-bond acceptors (Lipinski definition) is 5. The van der Waals surface area contributed by atoms with E-state index in [2.05, 4.69) is 0 Å². The number of para-hydroxylation sites is 1. The predicted molar refractivity (Wildman–Crippen MR) is 110 cm³/mol. The summed E-state index contributed by atoms with van der Waals surface area (Å²) in [6.45, 7) is 2.29. The van der Waals surface area contributed by atoms with Gasteiger partial charge in [-0.15, -0.1) is 0 Å². The highest BCUT2D eigenvalue weighted by molar-refractivity contribution is 6.01. The van der Waals surface area contributed by atoms with E-state index >= 15 is 0 Å². The molecule has 1 fully saturated rings. The van der Waals surface area contributed by atoms with Crippen molar-refractivity contribution in [3.8, 4) is 17.2 Å². The molecule has 1 saturated heterocycles. The summed E-state index contributed by atoms with van der Waals surface area (Å²) in [7, 11) is 3.17. The number of rotatable bonds is 6. The quantitative estimate of drug-likeness (QED) is 0.739. The molecule has 158 valence electrons. The van der Waals surface area contributed by atoms with E-state index in [1.807, 2.05) is 49.4 Å². The van der Waals surface area contributed by atoms with E-state index in [4.69, 9.17) is 19.9 Å². The van der Waals surface area contributed by atoms with Crippen LogP contribution in [0.3, 0.4) is 0 Å². The summed E-state index contributed by atoms with van der Waals surface area (Å²) in [5.41, 5.74) is 6.69. The number of nitrogens with two attached hydrogens (primary N) is 1. The molecule has 0 aromatic heterocycles. The van der Waals surface area contributed by atoms with Crippen LogP contribution in [0, 0.1) is 5.92 Å². The van der Waals surface area contributed by atoms with Gasteiger partial charge in [-0.25, -0.2) is 0 Å². The number of carbonyl (C=O) groups excluding carboxylic acids is 2. The van der Waals surface area contributed by atoms with Crippen molar-refractivity contribution in [1.82, 2.24) is 4.90 Å². The van der Waals surface area contributed by atoms with Gasteiger partial charge in [0.05, 0.1) is 14.2 Å². The molecule has 0 spiro atoms. The van der Waals surface area contributed by atoms with Gasteiger partial charge in [0.2, 0.25) is 11.8 Å². The van der Waals surface area contributed by atoms with E-state index in [0.717, 1.165) is 11.1 Å². The summed E-state index contributed by atoms with van der Waals surface area (Å²) in [6.07, 6.45) is 1.10. The molecular formula is C23H26N2O5. The fraction of sp³-hybridized carbons (Fsp3) is 0.391.